The summed E-state index contributed by atoms with van der Waals surface area (Å²) < 4.78 is 30.6. The molecule has 0 N–H and O–H groups in total. The summed E-state index contributed by atoms with van der Waals surface area (Å²) in [5.74, 6) is 0.259. The molecule has 8 nitrogen and oxygen atoms in total. The molecule has 1 spiro atoms. The van der Waals surface area contributed by atoms with Crippen molar-refractivity contribution in [3.05, 3.63) is 29.6 Å². The maximum absolute atomic E-state index is 14.4. The molecule has 2 amide bonds. The second-order valence-electron chi connectivity index (χ2n) is 11.9. The Balaban J connectivity index is 1.11. The standard InChI is InChI=1S/C29H40FN3O5/c1-36-14-15-37-27(34)32-11-3-4-20-16-22(18-26(20)32)31-12-9-29(10-13-31)19-33(28(35)38-23-5-2-6-23)25-8-7-21(30)17-24(25)29/h7-8,17,20,22-23,26H,2-6,9-16,18-19H2,1H3. The molecule has 0 aromatic heterocycles. The van der Waals surface area contributed by atoms with Gasteiger partial charge in [-0.3, -0.25) is 4.90 Å². The second kappa shape index (κ2) is 10.6. The van der Waals surface area contributed by atoms with Crippen molar-refractivity contribution in [3.63, 3.8) is 0 Å². The number of halogens is 1. The molecule has 0 radical (unpaired) electrons. The quantitative estimate of drug-likeness (QED) is 0.516. The number of fused-ring (bicyclic) bond motifs is 3. The third kappa shape index (κ3) is 4.76. The largest absolute Gasteiger partial charge is 0.447 e. The molecular formula is C29H40FN3O5. The van der Waals surface area contributed by atoms with Gasteiger partial charge in [-0.05, 0) is 101 Å². The number of ether oxygens (including phenoxy) is 3. The van der Waals surface area contributed by atoms with Crippen molar-refractivity contribution < 1.29 is 28.2 Å². The van der Waals surface area contributed by atoms with Crippen molar-refractivity contribution in [1.82, 2.24) is 9.80 Å². The minimum absolute atomic E-state index is 0.0209. The molecule has 3 heterocycles. The third-order valence-electron chi connectivity index (χ3n) is 9.85. The fourth-order valence-electron chi connectivity index (χ4n) is 7.52. The lowest BCUT2D eigenvalue weighted by molar-refractivity contribution is 0.0435. The van der Waals surface area contributed by atoms with E-state index in [1.165, 1.54) is 6.07 Å². The molecule has 6 rings (SSSR count). The predicted octanol–water partition coefficient (Wildman–Crippen LogP) is 4.69. The van der Waals surface area contributed by atoms with E-state index in [1.54, 1.807) is 24.1 Å². The number of methoxy groups -OCH3 is 1. The predicted molar refractivity (Wildman–Crippen MR) is 140 cm³/mol. The van der Waals surface area contributed by atoms with E-state index in [1.807, 2.05) is 4.90 Å². The maximum atomic E-state index is 14.4. The van der Waals surface area contributed by atoms with Gasteiger partial charge in [0.1, 0.15) is 18.5 Å². The smallest absolute Gasteiger partial charge is 0.414 e. The number of amides is 2. The monoisotopic (exact) mass is 529 g/mol. The summed E-state index contributed by atoms with van der Waals surface area (Å²) in [5, 5.41) is 0. The van der Waals surface area contributed by atoms with Crippen LogP contribution in [-0.2, 0) is 19.6 Å². The van der Waals surface area contributed by atoms with Crippen molar-refractivity contribution in [2.24, 2.45) is 5.92 Å². The average molecular weight is 530 g/mol. The Bertz CT molecular complexity index is 1040. The van der Waals surface area contributed by atoms with Gasteiger partial charge >= 0.3 is 12.2 Å². The van der Waals surface area contributed by atoms with Gasteiger partial charge in [0.2, 0.25) is 0 Å². The number of piperidine rings is 2. The van der Waals surface area contributed by atoms with Gasteiger partial charge in [0.25, 0.3) is 0 Å². The first kappa shape index (κ1) is 25.9. The summed E-state index contributed by atoms with van der Waals surface area (Å²) in [5.41, 5.74) is 1.52. The molecule has 1 aromatic carbocycles. The van der Waals surface area contributed by atoms with Crippen LogP contribution in [0.3, 0.4) is 0 Å². The van der Waals surface area contributed by atoms with E-state index in [4.69, 9.17) is 14.2 Å². The molecule has 2 saturated carbocycles. The van der Waals surface area contributed by atoms with E-state index in [0.717, 1.165) is 88.7 Å². The Labute approximate surface area is 224 Å². The highest BCUT2D eigenvalue weighted by molar-refractivity contribution is 5.91. The summed E-state index contributed by atoms with van der Waals surface area (Å²) in [6.07, 6.45) is 8.50. The van der Waals surface area contributed by atoms with Gasteiger partial charge in [0, 0.05) is 37.7 Å². The number of hydrogen-bond donors (Lipinski definition) is 0. The van der Waals surface area contributed by atoms with Crippen LogP contribution in [0.25, 0.3) is 0 Å². The number of nitrogens with zero attached hydrogens (tertiary/aromatic N) is 3. The van der Waals surface area contributed by atoms with Gasteiger partial charge < -0.3 is 24.0 Å². The topological polar surface area (TPSA) is 71.6 Å². The number of hydrogen-bond acceptors (Lipinski definition) is 6. The number of likely N-dealkylation sites (tertiary alicyclic amines) is 2. The van der Waals surface area contributed by atoms with Crippen LogP contribution in [0.4, 0.5) is 19.7 Å². The van der Waals surface area contributed by atoms with Gasteiger partial charge in [-0.1, -0.05) is 0 Å². The second-order valence-corrected chi connectivity index (χ2v) is 11.9. The van der Waals surface area contributed by atoms with Crippen molar-refractivity contribution in [2.75, 3.05) is 51.4 Å². The van der Waals surface area contributed by atoms with Gasteiger partial charge in [-0.2, -0.15) is 0 Å². The zero-order valence-corrected chi connectivity index (χ0v) is 22.4. The molecular weight excluding hydrogens is 489 g/mol. The molecule has 4 fully saturated rings. The zero-order chi connectivity index (χ0) is 26.3. The van der Waals surface area contributed by atoms with E-state index in [9.17, 15) is 14.0 Å². The minimum atomic E-state index is -0.292. The number of anilines is 1. The minimum Gasteiger partial charge on any atom is -0.447 e. The van der Waals surface area contributed by atoms with Crippen LogP contribution in [0.1, 0.15) is 63.4 Å². The van der Waals surface area contributed by atoms with Crippen LogP contribution in [0, 0.1) is 11.7 Å². The van der Waals surface area contributed by atoms with Crippen molar-refractivity contribution in [1.29, 1.82) is 0 Å². The highest BCUT2D eigenvalue weighted by Crippen LogP contribution is 2.49. The first-order valence-electron chi connectivity index (χ1n) is 14.4. The maximum Gasteiger partial charge on any atom is 0.414 e. The lowest BCUT2D eigenvalue weighted by Gasteiger charge is -2.42. The zero-order valence-electron chi connectivity index (χ0n) is 22.4. The summed E-state index contributed by atoms with van der Waals surface area (Å²) in [4.78, 5) is 32.1. The summed E-state index contributed by atoms with van der Waals surface area (Å²) >= 11 is 0. The fourth-order valence-corrected chi connectivity index (χ4v) is 7.52. The Morgan fingerprint density at radius 3 is 2.58 bits per heavy atom. The Morgan fingerprint density at radius 1 is 1.03 bits per heavy atom. The average Bonchev–Trinajstić information content (AvgIpc) is 3.46. The SMILES string of the molecule is COCCOC(=O)N1CCCC2CC(N3CCC4(CC3)CN(C(=O)OC3CCC3)c3ccc(F)cc34)CC21. The Morgan fingerprint density at radius 2 is 1.84 bits per heavy atom. The van der Waals surface area contributed by atoms with Crippen LogP contribution < -0.4 is 4.90 Å². The van der Waals surface area contributed by atoms with Crippen molar-refractivity contribution in [3.8, 4) is 0 Å². The fraction of sp³-hybridized carbons (Fsp3) is 0.724. The molecule has 3 unspecified atom stereocenters. The number of carbonyl (C=O) groups excluding carboxylic acids is 2. The molecule has 0 bridgehead atoms. The van der Waals surface area contributed by atoms with Crippen LogP contribution in [0.15, 0.2) is 18.2 Å². The third-order valence-corrected chi connectivity index (χ3v) is 9.85. The highest BCUT2D eigenvalue weighted by Gasteiger charge is 2.50. The first-order valence-corrected chi connectivity index (χ1v) is 14.4. The molecule has 3 aliphatic heterocycles. The van der Waals surface area contributed by atoms with E-state index in [-0.39, 0.29) is 42.2 Å². The highest BCUT2D eigenvalue weighted by atomic mass is 19.1. The molecule has 1 aromatic rings. The number of benzene rings is 1. The lowest BCUT2D eigenvalue weighted by atomic mass is 9.74. The van der Waals surface area contributed by atoms with Crippen LogP contribution in [0.2, 0.25) is 0 Å². The van der Waals surface area contributed by atoms with Crippen LogP contribution in [0.5, 0.6) is 0 Å². The van der Waals surface area contributed by atoms with Crippen LogP contribution in [-0.4, -0.2) is 86.7 Å². The van der Waals surface area contributed by atoms with E-state index < -0.39 is 0 Å². The van der Waals surface area contributed by atoms with E-state index >= 15 is 0 Å². The molecule has 38 heavy (non-hydrogen) atoms. The van der Waals surface area contributed by atoms with E-state index in [0.29, 0.717) is 25.1 Å². The molecule has 5 aliphatic rings. The molecule has 2 aliphatic carbocycles. The van der Waals surface area contributed by atoms with Gasteiger partial charge in [0.15, 0.2) is 0 Å². The molecule has 3 atom stereocenters. The summed E-state index contributed by atoms with van der Waals surface area (Å²) in [7, 11) is 1.61. The molecule has 2 saturated heterocycles. The Kier molecular flexibility index (Phi) is 7.24. The van der Waals surface area contributed by atoms with Crippen molar-refractivity contribution in [2.45, 2.75) is 81.4 Å². The summed E-state index contributed by atoms with van der Waals surface area (Å²) in [6.45, 7) is 3.83. The van der Waals surface area contributed by atoms with Crippen LogP contribution >= 0.6 is 0 Å². The molecule has 208 valence electrons. The van der Waals surface area contributed by atoms with E-state index in [2.05, 4.69) is 4.90 Å². The van der Waals surface area contributed by atoms with Crippen molar-refractivity contribution >= 4 is 17.9 Å². The van der Waals surface area contributed by atoms with Gasteiger partial charge in [-0.25, -0.2) is 14.0 Å². The number of rotatable bonds is 5. The lowest BCUT2D eigenvalue weighted by Crippen LogP contribution is -2.49. The Hall–Kier alpha value is -2.39. The normalized spacial score (nSPS) is 28.6. The first-order chi connectivity index (χ1) is 18.5. The van der Waals surface area contributed by atoms with Gasteiger partial charge in [0.05, 0.1) is 12.3 Å². The summed E-state index contributed by atoms with van der Waals surface area (Å²) in [6, 6.07) is 5.50. The van der Waals surface area contributed by atoms with Gasteiger partial charge in [-0.15, -0.1) is 0 Å². The number of carbonyl (C=O) groups is 2. The molecule has 9 heteroatoms.